The summed E-state index contributed by atoms with van der Waals surface area (Å²) < 4.78 is 6.20. The number of Topliss-reactive ketones (excluding diaryl/α,β-unsaturated/α-hetero) is 1. The number of likely N-dealkylation sites (N-methyl/N-ethyl adjacent to an activating group) is 1. The Morgan fingerprint density at radius 1 is 1.24 bits per heavy atom. The van der Waals surface area contributed by atoms with Crippen LogP contribution in [0.2, 0.25) is 0 Å². The number of rotatable bonds is 1. The summed E-state index contributed by atoms with van der Waals surface area (Å²) in [5, 5.41) is 10.2. The molecule has 0 aliphatic carbocycles. The average Bonchev–Trinajstić information content (AvgIpc) is 2.68. The highest BCUT2D eigenvalue weighted by Crippen LogP contribution is 2.44. The van der Waals surface area contributed by atoms with Crippen molar-refractivity contribution in [3.63, 3.8) is 0 Å². The molecule has 1 aromatic carbocycles. The normalized spacial score (nSPS) is 35.6. The van der Waals surface area contributed by atoms with Crippen molar-refractivity contribution in [3.05, 3.63) is 47.2 Å². The van der Waals surface area contributed by atoms with Crippen LogP contribution < -0.4 is 0 Å². The van der Waals surface area contributed by atoms with Crippen LogP contribution in [0, 0.1) is 0 Å². The lowest BCUT2D eigenvalue weighted by atomic mass is 9.89. The van der Waals surface area contributed by atoms with Crippen molar-refractivity contribution in [2.24, 2.45) is 0 Å². The second-order valence-corrected chi connectivity index (χ2v) is 6.24. The SMILES string of the molecule is CN1C2CC(O)C1CC1=C2OC(c2ccccc2)CC1=O. The van der Waals surface area contributed by atoms with Crippen LogP contribution in [-0.4, -0.2) is 41.0 Å². The predicted octanol–water partition coefficient (Wildman–Crippen LogP) is 1.81. The topological polar surface area (TPSA) is 49.8 Å². The van der Waals surface area contributed by atoms with E-state index in [0.29, 0.717) is 19.3 Å². The summed E-state index contributed by atoms with van der Waals surface area (Å²) in [6, 6.07) is 10.0. The van der Waals surface area contributed by atoms with Crippen LogP contribution in [0.15, 0.2) is 41.7 Å². The largest absolute Gasteiger partial charge is 0.488 e. The second kappa shape index (κ2) is 4.68. The van der Waals surface area contributed by atoms with Crippen molar-refractivity contribution in [3.8, 4) is 0 Å². The van der Waals surface area contributed by atoms with E-state index in [1.54, 1.807) is 0 Å². The first-order valence-electron chi connectivity index (χ1n) is 7.53. The summed E-state index contributed by atoms with van der Waals surface area (Å²) in [6.45, 7) is 0. The van der Waals surface area contributed by atoms with Crippen LogP contribution in [0.1, 0.15) is 30.9 Å². The Morgan fingerprint density at radius 2 is 2.00 bits per heavy atom. The predicted molar refractivity (Wildman–Crippen MR) is 77.5 cm³/mol. The zero-order valence-electron chi connectivity index (χ0n) is 12.0. The fourth-order valence-electron chi connectivity index (χ4n) is 3.88. The quantitative estimate of drug-likeness (QED) is 0.855. The highest BCUT2D eigenvalue weighted by molar-refractivity contribution is 5.97. The lowest BCUT2D eigenvalue weighted by Gasteiger charge is -2.38. The lowest BCUT2D eigenvalue weighted by Crippen LogP contribution is -2.44. The number of carbonyl (C=O) groups excluding carboxylic acids is 1. The number of nitrogens with zero attached hydrogens (tertiary/aromatic N) is 1. The van der Waals surface area contributed by atoms with Gasteiger partial charge in [0.05, 0.1) is 18.6 Å². The van der Waals surface area contributed by atoms with Gasteiger partial charge in [-0.3, -0.25) is 9.69 Å². The van der Waals surface area contributed by atoms with E-state index < -0.39 is 0 Å². The van der Waals surface area contributed by atoms with Gasteiger partial charge in [-0.15, -0.1) is 0 Å². The summed E-state index contributed by atoms with van der Waals surface area (Å²) in [7, 11) is 2.01. The van der Waals surface area contributed by atoms with E-state index in [0.717, 1.165) is 16.9 Å². The van der Waals surface area contributed by atoms with Crippen LogP contribution in [0.5, 0.6) is 0 Å². The van der Waals surface area contributed by atoms with E-state index in [1.165, 1.54) is 0 Å². The molecule has 4 unspecified atom stereocenters. The van der Waals surface area contributed by atoms with Crippen molar-refractivity contribution in [1.29, 1.82) is 0 Å². The Morgan fingerprint density at radius 3 is 2.76 bits per heavy atom. The smallest absolute Gasteiger partial charge is 0.166 e. The number of hydrogen-bond acceptors (Lipinski definition) is 4. The minimum absolute atomic E-state index is 0.0456. The molecule has 1 saturated heterocycles. The van der Waals surface area contributed by atoms with E-state index in [2.05, 4.69) is 4.90 Å². The van der Waals surface area contributed by atoms with Crippen LogP contribution >= 0.6 is 0 Å². The number of ether oxygens (including phenoxy) is 1. The molecule has 0 spiro atoms. The molecule has 1 N–H and O–H groups in total. The molecular weight excluding hydrogens is 266 g/mol. The van der Waals surface area contributed by atoms with Gasteiger partial charge < -0.3 is 9.84 Å². The second-order valence-electron chi connectivity index (χ2n) is 6.24. The number of aliphatic hydroxyl groups is 1. The van der Waals surface area contributed by atoms with E-state index in [4.69, 9.17) is 4.74 Å². The fourth-order valence-corrected chi connectivity index (χ4v) is 3.88. The molecule has 3 heterocycles. The number of benzene rings is 1. The maximum absolute atomic E-state index is 12.5. The monoisotopic (exact) mass is 285 g/mol. The molecular formula is C17H19NO3. The Bertz CT molecular complexity index is 610. The van der Waals surface area contributed by atoms with Crippen molar-refractivity contribution in [1.82, 2.24) is 4.90 Å². The summed E-state index contributed by atoms with van der Waals surface area (Å²) in [4.78, 5) is 14.7. The molecule has 0 amide bonds. The number of fused-ring (bicyclic) bond motifs is 3. The van der Waals surface area contributed by atoms with Gasteiger partial charge in [0.15, 0.2) is 5.78 Å². The van der Waals surface area contributed by atoms with E-state index in [9.17, 15) is 9.90 Å². The molecule has 0 saturated carbocycles. The molecule has 4 atom stereocenters. The lowest BCUT2D eigenvalue weighted by molar-refractivity contribution is -0.121. The van der Waals surface area contributed by atoms with Crippen molar-refractivity contribution in [2.75, 3.05) is 7.05 Å². The highest BCUT2D eigenvalue weighted by Gasteiger charge is 2.49. The Kier molecular flexibility index (Phi) is 2.91. The molecule has 3 aliphatic heterocycles. The number of carbonyl (C=O) groups is 1. The summed E-state index contributed by atoms with van der Waals surface area (Å²) in [6.07, 6.45) is 1.12. The molecule has 0 radical (unpaired) electrons. The van der Waals surface area contributed by atoms with Gasteiger partial charge in [-0.2, -0.15) is 0 Å². The van der Waals surface area contributed by atoms with Gasteiger partial charge in [0, 0.05) is 11.6 Å². The molecule has 21 heavy (non-hydrogen) atoms. The van der Waals surface area contributed by atoms with Crippen LogP contribution in [0.3, 0.4) is 0 Å². The van der Waals surface area contributed by atoms with Crippen LogP contribution in [0.25, 0.3) is 0 Å². The van der Waals surface area contributed by atoms with Crippen molar-refractivity contribution in [2.45, 2.75) is 43.6 Å². The Balaban J connectivity index is 1.69. The van der Waals surface area contributed by atoms with Crippen molar-refractivity contribution < 1.29 is 14.6 Å². The van der Waals surface area contributed by atoms with Crippen LogP contribution in [0.4, 0.5) is 0 Å². The van der Waals surface area contributed by atoms with Gasteiger partial charge in [0.2, 0.25) is 0 Å². The maximum Gasteiger partial charge on any atom is 0.166 e. The number of ketones is 1. The molecule has 4 heteroatoms. The average molecular weight is 285 g/mol. The third kappa shape index (κ3) is 1.93. The van der Waals surface area contributed by atoms with Gasteiger partial charge in [-0.1, -0.05) is 30.3 Å². The molecule has 4 rings (SSSR count). The van der Waals surface area contributed by atoms with E-state index in [1.807, 2.05) is 37.4 Å². The third-order valence-corrected chi connectivity index (χ3v) is 5.08. The Hall–Kier alpha value is -1.65. The molecule has 2 bridgehead atoms. The highest BCUT2D eigenvalue weighted by atomic mass is 16.5. The molecule has 4 nitrogen and oxygen atoms in total. The summed E-state index contributed by atoms with van der Waals surface area (Å²) >= 11 is 0. The Labute approximate surface area is 124 Å². The van der Waals surface area contributed by atoms with E-state index >= 15 is 0 Å². The first-order valence-corrected chi connectivity index (χ1v) is 7.53. The van der Waals surface area contributed by atoms with Crippen LogP contribution in [-0.2, 0) is 9.53 Å². The number of hydrogen-bond donors (Lipinski definition) is 1. The molecule has 3 aliphatic rings. The van der Waals surface area contributed by atoms with E-state index in [-0.39, 0.29) is 30.1 Å². The van der Waals surface area contributed by atoms with Gasteiger partial charge in [-0.25, -0.2) is 0 Å². The first-order chi connectivity index (χ1) is 10.1. The summed E-state index contributed by atoms with van der Waals surface area (Å²) in [5.41, 5.74) is 1.85. The maximum atomic E-state index is 12.5. The third-order valence-electron chi connectivity index (χ3n) is 5.08. The fraction of sp³-hybridized carbons (Fsp3) is 0.471. The first kappa shape index (κ1) is 13.0. The zero-order valence-corrected chi connectivity index (χ0v) is 12.0. The molecule has 1 fully saturated rings. The minimum atomic E-state index is -0.364. The van der Waals surface area contributed by atoms with Crippen molar-refractivity contribution >= 4 is 5.78 Å². The standard InChI is InChI=1S/C17H19NO3/c1-18-12-7-11-14(19)9-16(10-5-3-2-4-6-10)21-17(11)13(18)8-15(12)20/h2-6,12-13,15-16,20H,7-9H2,1H3. The zero-order chi connectivity index (χ0) is 14.6. The number of aliphatic hydroxyl groups excluding tert-OH is 1. The minimum Gasteiger partial charge on any atom is -0.488 e. The summed E-state index contributed by atoms with van der Waals surface area (Å²) in [5.74, 6) is 0.984. The van der Waals surface area contributed by atoms with Gasteiger partial charge >= 0.3 is 0 Å². The molecule has 1 aromatic rings. The van der Waals surface area contributed by atoms with Gasteiger partial charge in [0.1, 0.15) is 11.9 Å². The van der Waals surface area contributed by atoms with Gasteiger partial charge in [0.25, 0.3) is 0 Å². The van der Waals surface area contributed by atoms with Gasteiger partial charge in [-0.05, 0) is 25.5 Å². The molecule has 0 aromatic heterocycles. The molecule has 110 valence electrons.